The molecule has 1 unspecified atom stereocenters. The van der Waals surface area contributed by atoms with Gasteiger partial charge in [0.15, 0.2) is 5.13 Å². The highest BCUT2D eigenvalue weighted by atomic mass is 32.1. The summed E-state index contributed by atoms with van der Waals surface area (Å²) in [6, 6.07) is 5.65. The van der Waals surface area contributed by atoms with Gasteiger partial charge in [-0.2, -0.15) is 0 Å². The molecule has 1 aromatic heterocycles. The SMILES string of the molecule is CC1CCc2nc(NC(=O)CNC(=O)c3ccccc3F)sc2C1. The first-order valence-corrected chi connectivity index (χ1v) is 8.65. The van der Waals surface area contributed by atoms with Crippen LogP contribution >= 0.6 is 11.3 Å². The molecule has 2 N–H and O–H groups in total. The number of hydrogen-bond donors (Lipinski definition) is 2. The lowest BCUT2D eigenvalue weighted by atomic mass is 9.93. The van der Waals surface area contributed by atoms with Crippen molar-refractivity contribution in [1.29, 1.82) is 0 Å². The lowest BCUT2D eigenvalue weighted by Crippen LogP contribution is -2.33. The van der Waals surface area contributed by atoms with E-state index in [4.69, 9.17) is 0 Å². The minimum Gasteiger partial charge on any atom is -0.343 e. The predicted molar refractivity (Wildman–Crippen MR) is 90.7 cm³/mol. The quantitative estimate of drug-likeness (QED) is 0.893. The first kappa shape index (κ1) is 16.6. The normalized spacial score (nSPS) is 16.3. The average Bonchev–Trinajstić information content (AvgIpc) is 2.94. The van der Waals surface area contributed by atoms with E-state index >= 15 is 0 Å². The third-order valence-corrected chi connectivity index (χ3v) is 5.00. The maximum atomic E-state index is 13.5. The highest BCUT2D eigenvalue weighted by Crippen LogP contribution is 2.31. The number of carbonyl (C=O) groups is 2. The maximum absolute atomic E-state index is 13.5. The van der Waals surface area contributed by atoms with Gasteiger partial charge in [0, 0.05) is 4.88 Å². The van der Waals surface area contributed by atoms with E-state index in [0.717, 1.165) is 25.0 Å². The van der Waals surface area contributed by atoms with E-state index in [1.807, 2.05) is 0 Å². The Morgan fingerprint density at radius 2 is 2.17 bits per heavy atom. The molecule has 0 saturated carbocycles. The van der Waals surface area contributed by atoms with Gasteiger partial charge in [-0.05, 0) is 37.3 Å². The van der Waals surface area contributed by atoms with Crippen LogP contribution in [0.15, 0.2) is 24.3 Å². The van der Waals surface area contributed by atoms with Crippen LogP contribution in [0.25, 0.3) is 0 Å². The minimum atomic E-state index is -0.615. The Bertz CT molecular complexity index is 775. The standard InChI is InChI=1S/C17H18FN3O2S/c1-10-6-7-13-14(8-10)24-17(20-13)21-15(22)9-19-16(23)11-4-2-3-5-12(11)18/h2-5,10H,6-9H2,1H3,(H,19,23)(H,20,21,22). The lowest BCUT2D eigenvalue weighted by Gasteiger charge is -2.15. The number of aromatic nitrogens is 1. The molecule has 5 nitrogen and oxygen atoms in total. The molecule has 0 fully saturated rings. The van der Waals surface area contributed by atoms with E-state index in [0.29, 0.717) is 11.0 Å². The van der Waals surface area contributed by atoms with Crippen LogP contribution < -0.4 is 10.6 Å². The molecule has 0 radical (unpaired) electrons. The number of thiazole rings is 1. The summed E-state index contributed by atoms with van der Waals surface area (Å²) in [7, 11) is 0. The highest BCUT2D eigenvalue weighted by molar-refractivity contribution is 7.15. The van der Waals surface area contributed by atoms with Gasteiger partial charge >= 0.3 is 0 Å². The second-order valence-corrected chi connectivity index (χ2v) is 7.03. The van der Waals surface area contributed by atoms with Crippen LogP contribution in [-0.4, -0.2) is 23.3 Å². The zero-order valence-electron chi connectivity index (χ0n) is 13.3. The highest BCUT2D eigenvalue weighted by Gasteiger charge is 2.20. The van der Waals surface area contributed by atoms with Gasteiger partial charge in [-0.3, -0.25) is 9.59 Å². The van der Waals surface area contributed by atoms with Crippen LogP contribution in [0.5, 0.6) is 0 Å². The largest absolute Gasteiger partial charge is 0.343 e. The van der Waals surface area contributed by atoms with E-state index < -0.39 is 11.7 Å². The molecular formula is C17H18FN3O2S. The summed E-state index contributed by atoms with van der Waals surface area (Å²) >= 11 is 1.48. The molecule has 3 rings (SSSR count). The molecule has 0 aliphatic heterocycles. The number of carbonyl (C=O) groups excluding carboxylic acids is 2. The number of amides is 2. The van der Waals surface area contributed by atoms with Crippen LogP contribution in [-0.2, 0) is 17.6 Å². The van der Waals surface area contributed by atoms with Gasteiger partial charge in [0.25, 0.3) is 5.91 Å². The number of anilines is 1. The Morgan fingerprint density at radius 1 is 1.38 bits per heavy atom. The molecule has 1 heterocycles. The molecule has 1 atom stereocenters. The van der Waals surface area contributed by atoms with Crippen LogP contribution in [0, 0.1) is 11.7 Å². The molecule has 24 heavy (non-hydrogen) atoms. The Morgan fingerprint density at radius 3 is 2.96 bits per heavy atom. The van der Waals surface area contributed by atoms with Crippen LogP contribution in [0.1, 0.15) is 34.3 Å². The Balaban J connectivity index is 1.55. The van der Waals surface area contributed by atoms with Crippen molar-refractivity contribution in [3.63, 3.8) is 0 Å². The fraction of sp³-hybridized carbons (Fsp3) is 0.353. The number of hydrogen-bond acceptors (Lipinski definition) is 4. The zero-order valence-corrected chi connectivity index (χ0v) is 14.1. The Kier molecular flexibility index (Phi) is 4.89. The first-order valence-electron chi connectivity index (χ1n) is 7.84. The van der Waals surface area contributed by atoms with Gasteiger partial charge in [0.05, 0.1) is 17.8 Å². The minimum absolute atomic E-state index is 0.0796. The molecule has 0 saturated heterocycles. The van der Waals surface area contributed by atoms with E-state index in [1.54, 1.807) is 6.07 Å². The molecule has 2 amide bonds. The first-order chi connectivity index (χ1) is 11.5. The number of aryl methyl sites for hydroxylation is 1. The fourth-order valence-electron chi connectivity index (χ4n) is 2.66. The summed E-state index contributed by atoms with van der Waals surface area (Å²) in [6.07, 6.45) is 3.04. The number of nitrogens with zero attached hydrogens (tertiary/aromatic N) is 1. The van der Waals surface area contributed by atoms with E-state index in [2.05, 4.69) is 22.5 Å². The van der Waals surface area contributed by atoms with Gasteiger partial charge in [-0.1, -0.05) is 19.1 Å². The number of benzene rings is 1. The molecule has 126 valence electrons. The molecule has 1 aliphatic rings. The molecule has 1 aliphatic carbocycles. The topological polar surface area (TPSA) is 71.1 Å². The molecule has 0 spiro atoms. The Labute approximate surface area is 143 Å². The lowest BCUT2D eigenvalue weighted by molar-refractivity contribution is -0.115. The van der Waals surface area contributed by atoms with Crippen LogP contribution in [0.3, 0.4) is 0 Å². The van der Waals surface area contributed by atoms with Crippen LogP contribution in [0.4, 0.5) is 9.52 Å². The fourth-order valence-corrected chi connectivity index (χ4v) is 3.85. The average molecular weight is 347 g/mol. The van der Waals surface area contributed by atoms with Crippen molar-refractivity contribution in [2.45, 2.75) is 26.2 Å². The van der Waals surface area contributed by atoms with Gasteiger partial charge in [0.2, 0.25) is 5.91 Å². The van der Waals surface area contributed by atoms with E-state index in [9.17, 15) is 14.0 Å². The molecule has 1 aromatic carbocycles. The maximum Gasteiger partial charge on any atom is 0.254 e. The third-order valence-electron chi connectivity index (χ3n) is 3.96. The molecule has 2 aromatic rings. The smallest absolute Gasteiger partial charge is 0.254 e. The summed E-state index contributed by atoms with van der Waals surface area (Å²) in [6.45, 7) is 1.98. The van der Waals surface area contributed by atoms with Crippen molar-refractivity contribution in [1.82, 2.24) is 10.3 Å². The van der Waals surface area contributed by atoms with Crippen molar-refractivity contribution in [2.75, 3.05) is 11.9 Å². The summed E-state index contributed by atoms with van der Waals surface area (Å²) < 4.78 is 13.5. The molecule has 7 heteroatoms. The monoisotopic (exact) mass is 347 g/mol. The summed E-state index contributed by atoms with van der Waals surface area (Å²) in [5.74, 6) is -0.965. The number of nitrogens with one attached hydrogen (secondary N) is 2. The summed E-state index contributed by atoms with van der Waals surface area (Å²) in [5.41, 5.74) is 0.979. The molecule has 0 bridgehead atoms. The summed E-state index contributed by atoms with van der Waals surface area (Å²) in [5, 5.41) is 5.66. The summed E-state index contributed by atoms with van der Waals surface area (Å²) in [4.78, 5) is 29.5. The predicted octanol–water partition coefficient (Wildman–Crippen LogP) is 2.78. The van der Waals surface area contributed by atoms with Gasteiger partial charge in [0.1, 0.15) is 5.82 Å². The number of fused-ring (bicyclic) bond motifs is 1. The van der Waals surface area contributed by atoms with Crippen LogP contribution in [0.2, 0.25) is 0 Å². The van der Waals surface area contributed by atoms with Crippen molar-refractivity contribution < 1.29 is 14.0 Å². The third kappa shape index (κ3) is 3.79. The number of halogens is 1. The van der Waals surface area contributed by atoms with E-state index in [-0.39, 0.29) is 18.0 Å². The van der Waals surface area contributed by atoms with Gasteiger partial charge in [-0.15, -0.1) is 11.3 Å². The van der Waals surface area contributed by atoms with Crippen molar-refractivity contribution in [2.24, 2.45) is 5.92 Å². The van der Waals surface area contributed by atoms with Crippen molar-refractivity contribution >= 4 is 28.3 Å². The second-order valence-electron chi connectivity index (χ2n) is 5.95. The van der Waals surface area contributed by atoms with E-state index in [1.165, 1.54) is 34.4 Å². The van der Waals surface area contributed by atoms with Gasteiger partial charge < -0.3 is 10.6 Å². The second kappa shape index (κ2) is 7.09. The molecular weight excluding hydrogens is 329 g/mol. The Hall–Kier alpha value is -2.28. The van der Waals surface area contributed by atoms with Crippen molar-refractivity contribution in [3.05, 3.63) is 46.2 Å². The zero-order chi connectivity index (χ0) is 17.1. The van der Waals surface area contributed by atoms with Crippen molar-refractivity contribution in [3.8, 4) is 0 Å². The van der Waals surface area contributed by atoms with Gasteiger partial charge in [-0.25, -0.2) is 9.37 Å². The number of rotatable bonds is 4.